The third-order valence-corrected chi connectivity index (χ3v) is 2.22. The molecular formula is C12H14N2O6. The summed E-state index contributed by atoms with van der Waals surface area (Å²) >= 11 is 0. The van der Waals surface area contributed by atoms with Crippen LogP contribution in [-0.2, 0) is 9.53 Å². The number of esters is 1. The Kier molecular flexibility index (Phi) is 5.33. The van der Waals surface area contributed by atoms with Gasteiger partial charge in [0.25, 0.3) is 5.91 Å². The second-order valence-corrected chi connectivity index (χ2v) is 3.53. The monoisotopic (exact) mass is 282 g/mol. The molecule has 0 aliphatic carbocycles. The van der Waals surface area contributed by atoms with E-state index in [4.69, 9.17) is 19.9 Å². The summed E-state index contributed by atoms with van der Waals surface area (Å²) < 4.78 is 14.8. The van der Waals surface area contributed by atoms with E-state index in [0.29, 0.717) is 5.75 Å². The lowest BCUT2D eigenvalue weighted by molar-refractivity contribution is -0.123. The van der Waals surface area contributed by atoms with Crippen LogP contribution in [0, 0.1) is 0 Å². The number of carbonyl (C=O) groups excluding carboxylic acids is 3. The highest BCUT2D eigenvalue weighted by Gasteiger charge is 2.18. The van der Waals surface area contributed by atoms with Gasteiger partial charge in [-0.15, -0.1) is 0 Å². The summed E-state index contributed by atoms with van der Waals surface area (Å²) in [5, 5.41) is 1.77. The third kappa shape index (κ3) is 3.87. The van der Waals surface area contributed by atoms with Gasteiger partial charge in [0.05, 0.1) is 14.2 Å². The van der Waals surface area contributed by atoms with Crippen LogP contribution in [0.3, 0.4) is 0 Å². The number of benzene rings is 1. The molecule has 0 fully saturated rings. The highest BCUT2D eigenvalue weighted by atomic mass is 16.5. The Bertz CT molecular complexity index is 529. The number of ether oxygens (including phenoxy) is 3. The van der Waals surface area contributed by atoms with Gasteiger partial charge in [-0.1, -0.05) is 6.07 Å². The van der Waals surface area contributed by atoms with Crippen LogP contribution >= 0.6 is 0 Å². The van der Waals surface area contributed by atoms with Crippen molar-refractivity contribution in [3.63, 3.8) is 0 Å². The second-order valence-electron chi connectivity index (χ2n) is 3.53. The highest BCUT2D eigenvalue weighted by Crippen LogP contribution is 2.30. The maximum absolute atomic E-state index is 11.8. The molecule has 108 valence electrons. The number of para-hydroxylation sites is 1. The molecule has 0 spiro atoms. The number of nitrogens with two attached hydrogens (primary N) is 1. The molecule has 0 radical (unpaired) electrons. The first-order valence-electron chi connectivity index (χ1n) is 5.47. The van der Waals surface area contributed by atoms with E-state index >= 15 is 0 Å². The lowest BCUT2D eigenvalue weighted by Crippen LogP contribution is -2.37. The summed E-state index contributed by atoms with van der Waals surface area (Å²) in [7, 11) is 2.79. The highest BCUT2D eigenvalue weighted by molar-refractivity contribution is 5.97. The molecule has 8 heteroatoms. The molecule has 0 saturated carbocycles. The molecule has 0 aliphatic heterocycles. The largest absolute Gasteiger partial charge is 0.493 e. The lowest BCUT2D eigenvalue weighted by Gasteiger charge is -2.11. The van der Waals surface area contributed by atoms with Crippen LogP contribution in [0.1, 0.15) is 10.4 Å². The second kappa shape index (κ2) is 6.98. The van der Waals surface area contributed by atoms with Crippen molar-refractivity contribution in [1.82, 2.24) is 5.32 Å². The fourth-order valence-corrected chi connectivity index (χ4v) is 1.43. The Morgan fingerprint density at radius 3 is 2.45 bits per heavy atom. The van der Waals surface area contributed by atoms with Crippen molar-refractivity contribution >= 4 is 17.9 Å². The zero-order valence-electron chi connectivity index (χ0n) is 11.0. The molecular weight excluding hydrogens is 268 g/mol. The fraction of sp³-hybridized carbons (Fsp3) is 0.250. The van der Waals surface area contributed by atoms with E-state index in [9.17, 15) is 14.4 Å². The van der Waals surface area contributed by atoms with Crippen LogP contribution in [0.2, 0.25) is 0 Å². The first-order chi connectivity index (χ1) is 9.49. The van der Waals surface area contributed by atoms with Crippen molar-refractivity contribution in [3.05, 3.63) is 23.8 Å². The molecule has 0 atom stereocenters. The summed E-state index contributed by atoms with van der Waals surface area (Å²) in [5.41, 5.74) is 4.84. The summed E-state index contributed by atoms with van der Waals surface area (Å²) in [4.78, 5) is 33.4. The zero-order valence-corrected chi connectivity index (χ0v) is 11.0. The lowest BCUT2D eigenvalue weighted by atomic mass is 10.2. The van der Waals surface area contributed by atoms with Gasteiger partial charge >= 0.3 is 12.0 Å². The molecule has 0 heterocycles. The fourth-order valence-electron chi connectivity index (χ4n) is 1.43. The number of carbonyl (C=O) groups is 3. The number of methoxy groups -OCH3 is 2. The van der Waals surface area contributed by atoms with E-state index in [2.05, 4.69) is 0 Å². The van der Waals surface area contributed by atoms with E-state index in [1.165, 1.54) is 20.3 Å². The number of hydrogen-bond acceptors (Lipinski definition) is 6. The van der Waals surface area contributed by atoms with Crippen molar-refractivity contribution in [3.8, 4) is 11.5 Å². The van der Waals surface area contributed by atoms with E-state index in [1.54, 1.807) is 17.4 Å². The molecule has 0 aromatic heterocycles. The molecule has 1 aromatic rings. The SMILES string of the molecule is COc1cccc(C(=O)OCC(=O)NC(N)=O)c1OC. The molecule has 0 bridgehead atoms. The van der Waals surface area contributed by atoms with E-state index in [1.807, 2.05) is 0 Å². The molecule has 0 unspecified atom stereocenters. The van der Waals surface area contributed by atoms with Gasteiger partial charge in [0, 0.05) is 0 Å². The Balaban J connectivity index is 2.78. The number of primary amides is 1. The number of rotatable bonds is 5. The van der Waals surface area contributed by atoms with Gasteiger partial charge in [0.2, 0.25) is 0 Å². The zero-order chi connectivity index (χ0) is 15.1. The molecule has 20 heavy (non-hydrogen) atoms. The number of nitrogens with one attached hydrogen (secondary N) is 1. The smallest absolute Gasteiger partial charge is 0.342 e. The topological polar surface area (TPSA) is 117 Å². The van der Waals surface area contributed by atoms with Crippen LogP contribution in [0.5, 0.6) is 11.5 Å². The number of urea groups is 1. The van der Waals surface area contributed by atoms with Crippen molar-refractivity contribution in [2.45, 2.75) is 0 Å². The minimum absolute atomic E-state index is 0.0960. The molecule has 8 nitrogen and oxygen atoms in total. The van der Waals surface area contributed by atoms with Crippen molar-refractivity contribution < 1.29 is 28.6 Å². The predicted molar refractivity (Wildman–Crippen MR) is 67.6 cm³/mol. The van der Waals surface area contributed by atoms with Gasteiger partial charge in [-0.3, -0.25) is 10.1 Å². The van der Waals surface area contributed by atoms with Crippen LogP contribution in [-0.4, -0.2) is 38.7 Å². The molecule has 3 amide bonds. The molecule has 0 aliphatic rings. The first kappa shape index (κ1) is 15.3. The van der Waals surface area contributed by atoms with E-state index in [-0.39, 0.29) is 11.3 Å². The minimum atomic E-state index is -1.02. The quantitative estimate of drug-likeness (QED) is 0.737. The van der Waals surface area contributed by atoms with Gasteiger partial charge in [0.1, 0.15) is 5.56 Å². The van der Waals surface area contributed by atoms with Gasteiger partial charge in [-0.2, -0.15) is 0 Å². The Hall–Kier alpha value is -2.77. The number of amides is 3. The van der Waals surface area contributed by atoms with E-state index in [0.717, 1.165) is 0 Å². The summed E-state index contributed by atoms with van der Waals surface area (Å²) in [6.07, 6.45) is 0. The summed E-state index contributed by atoms with van der Waals surface area (Å²) in [6.45, 7) is -0.637. The van der Waals surface area contributed by atoms with Crippen molar-refractivity contribution in [2.24, 2.45) is 5.73 Å². The van der Waals surface area contributed by atoms with Gasteiger partial charge in [0.15, 0.2) is 18.1 Å². The number of imide groups is 1. The maximum Gasteiger partial charge on any atom is 0.342 e. The van der Waals surface area contributed by atoms with Crippen LogP contribution in [0.4, 0.5) is 4.79 Å². The number of hydrogen-bond donors (Lipinski definition) is 2. The molecule has 3 N–H and O–H groups in total. The molecule has 1 aromatic carbocycles. The summed E-state index contributed by atoms with van der Waals surface area (Å²) in [5.74, 6) is -1.08. The first-order valence-corrected chi connectivity index (χ1v) is 5.47. The maximum atomic E-state index is 11.8. The standard InChI is InChI=1S/C12H14N2O6/c1-18-8-5-3-4-7(10(8)19-2)11(16)20-6-9(15)14-12(13)17/h3-5H,6H2,1-2H3,(H3,13,14,15,17). The Labute approximate surface area is 114 Å². The van der Waals surface area contributed by atoms with Gasteiger partial charge in [-0.05, 0) is 12.1 Å². The average molecular weight is 282 g/mol. The van der Waals surface area contributed by atoms with Crippen LogP contribution < -0.4 is 20.5 Å². The normalized spacial score (nSPS) is 9.50. The Morgan fingerprint density at radius 2 is 1.90 bits per heavy atom. The molecule has 1 rings (SSSR count). The summed E-state index contributed by atoms with van der Waals surface area (Å²) in [6, 6.07) is 3.61. The van der Waals surface area contributed by atoms with E-state index < -0.39 is 24.5 Å². The van der Waals surface area contributed by atoms with Crippen molar-refractivity contribution in [1.29, 1.82) is 0 Å². The average Bonchev–Trinajstić information content (AvgIpc) is 2.42. The predicted octanol–water partition coefficient (Wildman–Crippen LogP) is 0.0555. The Morgan fingerprint density at radius 1 is 1.20 bits per heavy atom. The van der Waals surface area contributed by atoms with Gasteiger partial charge < -0.3 is 19.9 Å². The van der Waals surface area contributed by atoms with Crippen LogP contribution in [0.25, 0.3) is 0 Å². The van der Waals surface area contributed by atoms with Crippen LogP contribution in [0.15, 0.2) is 18.2 Å². The van der Waals surface area contributed by atoms with Crippen molar-refractivity contribution in [2.75, 3.05) is 20.8 Å². The van der Waals surface area contributed by atoms with Gasteiger partial charge in [-0.25, -0.2) is 9.59 Å². The molecule has 0 saturated heterocycles. The third-order valence-electron chi connectivity index (χ3n) is 2.22. The minimum Gasteiger partial charge on any atom is -0.493 e.